The third kappa shape index (κ3) is 5.23. The van der Waals surface area contributed by atoms with Crippen LogP contribution in [0.1, 0.15) is 29.8 Å². The van der Waals surface area contributed by atoms with Gasteiger partial charge in [0.15, 0.2) is 0 Å². The number of benzene rings is 1. The molecule has 0 unspecified atom stereocenters. The molecule has 182 valence electrons. The largest absolute Gasteiger partial charge is 0.365 e. The van der Waals surface area contributed by atoms with Crippen LogP contribution in [0.4, 0.5) is 5.69 Å². The molecule has 3 aromatic rings. The van der Waals surface area contributed by atoms with E-state index < -0.39 is 0 Å². The van der Waals surface area contributed by atoms with Gasteiger partial charge in [-0.2, -0.15) is 20.1 Å². The number of amides is 1. The van der Waals surface area contributed by atoms with E-state index in [0.717, 1.165) is 17.0 Å². The van der Waals surface area contributed by atoms with Crippen molar-refractivity contribution in [3.8, 4) is 11.8 Å². The van der Waals surface area contributed by atoms with Crippen molar-refractivity contribution < 1.29 is 4.79 Å². The summed E-state index contributed by atoms with van der Waals surface area (Å²) in [5.41, 5.74) is 3.88. The number of nitriles is 1. The fraction of sp³-hybridized carbons (Fsp3) is 0.400. The average molecular weight is 494 g/mol. The van der Waals surface area contributed by atoms with Crippen LogP contribution in [0.15, 0.2) is 41.3 Å². The van der Waals surface area contributed by atoms with Gasteiger partial charge < -0.3 is 9.80 Å². The van der Waals surface area contributed by atoms with E-state index in [1.807, 2.05) is 46.5 Å². The van der Waals surface area contributed by atoms with Crippen LogP contribution in [-0.2, 0) is 17.8 Å². The number of hydrogen-bond donors (Lipinski definition) is 0. The Morgan fingerprint density at radius 3 is 2.54 bits per heavy atom. The number of hydrogen-bond acceptors (Lipinski definition) is 6. The Hall–Kier alpha value is -3.64. The minimum atomic E-state index is -0.366. The van der Waals surface area contributed by atoms with Crippen LogP contribution in [0.2, 0.25) is 5.02 Å². The van der Waals surface area contributed by atoms with Crippen molar-refractivity contribution in [3.63, 3.8) is 0 Å². The molecule has 1 saturated heterocycles. The molecule has 1 aromatic carbocycles. The van der Waals surface area contributed by atoms with Crippen LogP contribution >= 0.6 is 11.6 Å². The molecule has 10 heteroatoms. The summed E-state index contributed by atoms with van der Waals surface area (Å²) >= 11 is 6.44. The zero-order chi connectivity index (χ0) is 24.9. The minimum absolute atomic E-state index is 0.0944. The van der Waals surface area contributed by atoms with Gasteiger partial charge in [-0.3, -0.25) is 14.3 Å². The highest BCUT2D eigenvalue weighted by Crippen LogP contribution is 2.23. The summed E-state index contributed by atoms with van der Waals surface area (Å²) in [6, 6.07) is 11.3. The number of aryl methyl sites for hydroxylation is 2. The molecule has 0 saturated carbocycles. The summed E-state index contributed by atoms with van der Waals surface area (Å²) in [5, 5.41) is 17.8. The van der Waals surface area contributed by atoms with Gasteiger partial charge in [0.2, 0.25) is 5.91 Å². The van der Waals surface area contributed by atoms with Crippen molar-refractivity contribution in [2.45, 2.75) is 39.7 Å². The second kappa shape index (κ2) is 10.7. The molecule has 35 heavy (non-hydrogen) atoms. The monoisotopic (exact) mass is 493 g/mol. The molecule has 0 aliphatic carbocycles. The second-order valence-electron chi connectivity index (χ2n) is 8.54. The van der Waals surface area contributed by atoms with Crippen LogP contribution in [0.25, 0.3) is 5.69 Å². The fourth-order valence-electron chi connectivity index (χ4n) is 4.45. The topological polar surface area (TPSA) is 100 Å². The maximum atomic E-state index is 12.9. The molecule has 2 aromatic heterocycles. The predicted octanol–water partition coefficient (Wildman–Crippen LogP) is 2.89. The molecule has 0 bridgehead atoms. The van der Waals surface area contributed by atoms with Crippen molar-refractivity contribution in [3.05, 3.63) is 68.9 Å². The summed E-state index contributed by atoms with van der Waals surface area (Å²) in [4.78, 5) is 29.5. The molecule has 1 amide bonds. The van der Waals surface area contributed by atoms with E-state index in [-0.39, 0.29) is 16.5 Å². The zero-order valence-electron chi connectivity index (χ0n) is 19.9. The Morgan fingerprint density at radius 1 is 1.14 bits per heavy atom. The predicted molar refractivity (Wildman–Crippen MR) is 134 cm³/mol. The van der Waals surface area contributed by atoms with Gasteiger partial charge in [0.25, 0.3) is 5.56 Å². The van der Waals surface area contributed by atoms with E-state index in [0.29, 0.717) is 63.4 Å². The van der Waals surface area contributed by atoms with Crippen molar-refractivity contribution in [1.29, 1.82) is 5.26 Å². The molecule has 1 aliphatic rings. The molecule has 0 atom stereocenters. The molecular formula is C25H28ClN7O2. The molecular weight excluding hydrogens is 466 g/mol. The summed E-state index contributed by atoms with van der Waals surface area (Å²) in [5.74, 6) is 0.0944. The van der Waals surface area contributed by atoms with Crippen LogP contribution in [0.3, 0.4) is 0 Å². The SMILES string of the molecule is Cc1nn(CCC#N)c(C)c1CCC(=O)N1CCN(c2cnn(-c3ccccc3)c(=O)c2Cl)CC1. The number of aromatic nitrogens is 4. The van der Waals surface area contributed by atoms with Crippen LogP contribution in [0.5, 0.6) is 0 Å². The van der Waals surface area contributed by atoms with Gasteiger partial charge in [0.05, 0.1) is 42.3 Å². The van der Waals surface area contributed by atoms with Crippen molar-refractivity contribution >= 4 is 23.2 Å². The number of rotatable bonds is 7. The first-order valence-electron chi connectivity index (χ1n) is 11.7. The number of anilines is 1. The molecule has 3 heterocycles. The van der Waals surface area contributed by atoms with Crippen molar-refractivity contribution in [2.75, 3.05) is 31.1 Å². The smallest absolute Gasteiger partial charge is 0.292 e. The number of carbonyl (C=O) groups is 1. The number of piperazine rings is 1. The normalized spacial score (nSPS) is 13.7. The van der Waals surface area contributed by atoms with Crippen LogP contribution < -0.4 is 10.5 Å². The van der Waals surface area contributed by atoms with E-state index >= 15 is 0 Å². The molecule has 0 spiro atoms. The van der Waals surface area contributed by atoms with Crippen LogP contribution in [0, 0.1) is 25.2 Å². The van der Waals surface area contributed by atoms with E-state index in [2.05, 4.69) is 16.3 Å². The maximum Gasteiger partial charge on any atom is 0.292 e. The maximum absolute atomic E-state index is 12.9. The summed E-state index contributed by atoms with van der Waals surface area (Å²) < 4.78 is 3.14. The van der Waals surface area contributed by atoms with Crippen LogP contribution in [-0.4, -0.2) is 56.5 Å². The van der Waals surface area contributed by atoms with Gasteiger partial charge in [0, 0.05) is 38.3 Å². The fourth-order valence-corrected chi connectivity index (χ4v) is 4.70. The highest BCUT2D eigenvalue weighted by atomic mass is 35.5. The summed E-state index contributed by atoms with van der Waals surface area (Å²) in [6.45, 7) is 6.74. The molecule has 0 N–H and O–H groups in total. The Kier molecular flexibility index (Phi) is 7.51. The highest BCUT2D eigenvalue weighted by molar-refractivity contribution is 6.33. The average Bonchev–Trinajstić information content (AvgIpc) is 3.15. The van der Waals surface area contributed by atoms with Gasteiger partial charge in [0.1, 0.15) is 5.02 Å². The van der Waals surface area contributed by atoms with Gasteiger partial charge in [-0.25, -0.2) is 0 Å². The lowest BCUT2D eigenvalue weighted by molar-refractivity contribution is -0.131. The number of nitrogens with zero attached hydrogens (tertiary/aromatic N) is 7. The molecule has 9 nitrogen and oxygen atoms in total. The Bertz CT molecular complexity index is 1300. The third-order valence-electron chi connectivity index (χ3n) is 6.43. The van der Waals surface area contributed by atoms with E-state index in [4.69, 9.17) is 16.9 Å². The van der Waals surface area contributed by atoms with E-state index in [9.17, 15) is 9.59 Å². The third-order valence-corrected chi connectivity index (χ3v) is 6.79. The van der Waals surface area contributed by atoms with E-state index in [1.54, 1.807) is 18.3 Å². The van der Waals surface area contributed by atoms with Gasteiger partial charge >= 0.3 is 0 Å². The zero-order valence-corrected chi connectivity index (χ0v) is 20.7. The second-order valence-corrected chi connectivity index (χ2v) is 8.92. The Balaban J connectivity index is 1.36. The lowest BCUT2D eigenvalue weighted by Gasteiger charge is -2.36. The standard InChI is InChI=1S/C25H28ClN7O2/c1-18-21(19(2)32(29-18)12-6-11-27)9-10-23(34)31-15-13-30(14-16-31)22-17-28-33(25(35)24(22)26)20-7-4-3-5-8-20/h3-5,7-8,17H,6,9-10,12-16H2,1-2H3. The first kappa shape index (κ1) is 24.5. The molecule has 4 rings (SSSR count). The number of halogens is 1. The number of carbonyl (C=O) groups excluding carboxylic acids is 1. The van der Waals surface area contributed by atoms with Crippen molar-refractivity contribution in [2.24, 2.45) is 0 Å². The highest BCUT2D eigenvalue weighted by Gasteiger charge is 2.24. The van der Waals surface area contributed by atoms with E-state index in [1.165, 1.54) is 4.68 Å². The minimum Gasteiger partial charge on any atom is -0.365 e. The molecule has 1 fully saturated rings. The molecule has 1 aliphatic heterocycles. The van der Waals surface area contributed by atoms with Gasteiger partial charge in [-0.1, -0.05) is 29.8 Å². The van der Waals surface area contributed by atoms with Crippen molar-refractivity contribution in [1.82, 2.24) is 24.5 Å². The lowest BCUT2D eigenvalue weighted by Crippen LogP contribution is -2.49. The lowest BCUT2D eigenvalue weighted by atomic mass is 10.1. The number of para-hydroxylation sites is 1. The Morgan fingerprint density at radius 2 is 1.86 bits per heavy atom. The van der Waals surface area contributed by atoms with Gasteiger partial charge in [-0.15, -0.1) is 0 Å². The first-order valence-corrected chi connectivity index (χ1v) is 12.0. The summed E-state index contributed by atoms with van der Waals surface area (Å²) in [6.07, 6.45) is 3.05. The quantitative estimate of drug-likeness (QED) is 0.501. The summed E-state index contributed by atoms with van der Waals surface area (Å²) in [7, 11) is 0. The van der Waals surface area contributed by atoms with Gasteiger partial charge in [-0.05, 0) is 38.0 Å². The Labute approximate surface area is 209 Å². The first-order chi connectivity index (χ1) is 16.9. The molecule has 0 radical (unpaired) electrons.